The van der Waals surface area contributed by atoms with E-state index in [9.17, 15) is 31.9 Å². The number of rotatable bonds is 6. The normalized spacial score (nSPS) is 13.8. The molecule has 1 amide bonds. The number of benzene rings is 1. The van der Waals surface area contributed by atoms with E-state index in [0.717, 1.165) is 25.1 Å². The lowest BCUT2D eigenvalue weighted by Crippen LogP contribution is -2.51. The molecule has 27 heavy (non-hydrogen) atoms. The Balaban J connectivity index is 2.49. The number of aliphatic hydroxyl groups is 1. The Hall–Kier alpha value is -2.59. The summed E-state index contributed by atoms with van der Waals surface area (Å²) in [6.07, 6.45) is 0.775. The number of carbonyl (C=O) groups is 1. The number of pyridine rings is 1. The van der Waals surface area contributed by atoms with Gasteiger partial charge in [0.2, 0.25) is 5.91 Å². The molecular weight excluding hydrogens is 382 g/mol. The average Bonchev–Trinajstić information content (AvgIpc) is 2.57. The van der Waals surface area contributed by atoms with Crippen LogP contribution in [0.15, 0.2) is 41.3 Å². The van der Waals surface area contributed by atoms with Crippen LogP contribution in [0.4, 0.5) is 8.78 Å². The van der Waals surface area contributed by atoms with Gasteiger partial charge in [-0.2, -0.15) is 0 Å². The molecule has 7 nitrogen and oxygen atoms in total. The van der Waals surface area contributed by atoms with E-state index < -0.39 is 38.2 Å². The van der Waals surface area contributed by atoms with E-state index in [1.54, 1.807) is 11.6 Å². The van der Waals surface area contributed by atoms with E-state index in [1.165, 1.54) is 12.1 Å². The lowest BCUT2D eigenvalue weighted by molar-refractivity contribution is -0.119. The first-order valence-corrected chi connectivity index (χ1v) is 9.44. The molecule has 10 heteroatoms. The SMILES string of the molecule is CCCC(=O)NS(=O)(=O)C(C)(O)n1cc(F)c(-c2ccc(F)cc2)cc1=O. The van der Waals surface area contributed by atoms with Gasteiger partial charge >= 0.3 is 0 Å². The molecule has 2 rings (SSSR count). The fourth-order valence-electron chi connectivity index (χ4n) is 2.34. The highest BCUT2D eigenvalue weighted by Gasteiger charge is 2.41. The summed E-state index contributed by atoms with van der Waals surface area (Å²) in [5, 5.41) is 7.46. The second-order valence-electron chi connectivity index (χ2n) is 5.96. The Bertz CT molecular complexity index is 1010. The van der Waals surface area contributed by atoms with E-state index in [4.69, 9.17) is 0 Å². The van der Waals surface area contributed by atoms with Crippen LogP contribution in [0.5, 0.6) is 0 Å². The number of amides is 1. The van der Waals surface area contributed by atoms with Crippen LogP contribution in [0, 0.1) is 11.6 Å². The molecule has 0 saturated heterocycles. The maximum atomic E-state index is 14.5. The number of sulfonamides is 1. The summed E-state index contributed by atoms with van der Waals surface area (Å²) < 4.78 is 54.0. The van der Waals surface area contributed by atoms with Crippen LogP contribution in [-0.4, -0.2) is 24.0 Å². The van der Waals surface area contributed by atoms with Crippen LogP contribution in [0.1, 0.15) is 26.7 Å². The smallest absolute Gasteiger partial charge is 0.285 e. The van der Waals surface area contributed by atoms with E-state index >= 15 is 0 Å². The highest BCUT2D eigenvalue weighted by atomic mass is 32.2. The van der Waals surface area contributed by atoms with Crippen molar-refractivity contribution in [1.82, 2.24) is 9.29 Å². The maximum absolute atomic E-state index is 14.5. The number of hydrogen-bond donors (Lipinski definition) is 2. The zero-order chi connectivity index (χ0) is 20.4. The first kappa shape index (κ1) is 20.7. The van der Waals surface area contributed by atoms with Gasteiger partial charge < -0.3 is 5.11 Å². The third-order valence-electron chi connectivity index (χ3n) is 3.84. The minimum atomic E-state index is -4.75. The quantitative estimate of drug-likeness (QED) is 0.767. The van der Waals surface area contributed by atoms with Crippen LogP contribution in [0.2, 0.25) is 0 Å². The van der Waals surface area contributed by atoms with Crippen molar-refractivity contribution < 1.29 is 27.1 Å². The van der Waals surface area contributed by atoms with Gasteiger partial charge in [-0.15, -0.1) is 0 Å². The summed E-state index contributed by atoms with van der Waals surface area (Å²) in [6, 6.07) is 5.42. The van der Waals surface area contributed by atoms with Crippen molar-refractivity contribution in [3.8, 4) is 11.1 Å². The average molecular weight is 400 g/mol. The summed E-state index contributed by atoms with van der Waals surface area (Å²) >= 11 is 0. The molecule has 0 aliphatic carbocycles. The van der Waals surface area contributed by atoms with Gasteiger partial charge in [-0.3, -0.25) is 14.2 Å². The van der Waals surface area contributed by atoms with E-state index in [-0.39, 0.29) is 22.1 Å². The van der Waals surface area contributed by atoms with Crippen molar-refractivity contribution in [2.45, 2.75) is 31.7 Å². The molecule has 0 bridgehead atoms. The lowest BCUT2D eigenvalue weighted by Gasteiger charge is -2.26. The summed E-state index contributed by atoms with van der Waals surface area (Å²) in [6.45, 7) is 2.39. The minimum Gasteiger partial charge on any atom is -0.357 e. The van der Waals surface area contributed by atoms with Gasteiger partial charge in [0.05, 0.1) is 0 Å². The van der Waals surface area contributed by atoms with Crippen molar-refractivity contribution in [1.29, 1.82) is 0 Å². The zero-order valence-electron chi connectivity index (χ0n) is 14.6. The van der Waals surface area contributed by atoms with Crippen LogP contribution < -0.4 is 10.3 Å². The van der Waals surface area contributed by atoms with Crippen molar-refractivity contribution in [3.05, 3.63) is 58.5 Å². The van der Waals surface area contributed by atoms with Crippen molar-refractivity contribution in [2.75, 3.05) is 0 Å². The largest absolute Gasteiger partial charge is 0.357 e. The predicted molar refractivity (Wildman–Crippen MR) is 93.9 cm³/mol. The van der Waals surface area contributed by atoms with Crippen molar-refractivity contribution in [3.63, 3.8) is 0 Å². The second-order valence-corrected chi connectivity index (χ2v) is 7.95. The van der Waals surface area contributed by atoms with E-state index in [0.29, 0.717) is 12.6 Å². The van der Waals surface area contributed by atoms with Gasteiger partial charge in [0.15, 0.2) is 0 Å². The zero-order valence-corrected chi connectivity index (χ0v) is 15.4. The summed E-state index contributed by atoms with van der Waals surface area (Å²) in [7, 11) is -4.75. The van der Waals surface area contributed by atoms with Crippen LogP contribution in [0.3, 0.4) is 0 Å². The molecule has 1 aromatic heterocycles. The Morgan fingerprint density at radius 3 is 2.41 bits per heavy atom. The number of nitrogens with one attached hydrogen (secondary N) is 1. The van der Waals surface area contributed by atoms with Gasteiger partial charge in [-0.1, -0.05) is 19.1 Å². The molecule has 0 spiro atoms. The van der Waals surface area contributed by atoms with Gasteiger partial charge in [0.25, 0.3) is 20.6 Å². The second kappa shape index (κ2) is 7.57. The van der Waals surface area contributed by atoms with Gasteiger partial charge in [-0.25, -0.2) is 21.9 Å². The molecule has 0 aliphatic rings. The molecule has 0 aliphatic heterocycles. The molecule has 1 atom stereocenters. The molecule has 0 fully saturated rings. The number of nitrogens with zero attached hydrogens (tertiary/aromatic N) is 1. The minimum absolute atomic E-state index is 0.109. The number of halogens is 2. The Kier molecular flexibility index (Phi) is 5.81. The predicted octanol–water partition coefficient (Wildman–Crippen LogP) is 1.66. The summed E-state index contributed by atoms with van der Waals surface area (Å²) in [5.74, 6) is -2.44. The maximum Gasteiger partial charge on any atom is 0.285 e. The number of hydrogen-bond acceptors (Lipinski definition) is 5. The first-order chi connectivity index (χ1) is 12.5. The van der Waals surface area contributed by atoms with Crippen molar-refractivity contribution in [2.24, 2.45) is 0 Å². The monoisotopic (exact) mass is 400 g/mol. The molecule has 2 N–H and O–H groups in total. The highest BCUT2D eigenvalue weighted by Crippen LogP contribution is 2.24. The highest BCUT2D eigenvalue weighted by molar-refractivity contribution is 7.90. The van der Waals surface area contributed by atoms with Crippen LogP contribution in [0.25, 0.3) is 11.1 Å². The molecule has 0 saturated carbocycles. The van der Waals surface area contributed by atoms with Crippen molar-refractivity contribution >= 4 is 15.9 Å². The molecular formula is C17H18F2N2O5S. The van der Waals surface area contributed by atoms with E-state index in [2.05, 4.69) is 0 Å². The van der Waals surface area contributed by atoms with Gasteiger partial charge in [0, 0.05) is 31.2 Å². The van der Waals surface area contributed by atoms with Gasteiger partial charge in [-0.05, 0) is 24.1 Å². The third-order valence-corrected chi connectivity index (χ3v) is 5.55. The third kappa shape index (κ3) is 4.22. The van der Waals surface area contributed by atoms with Crippen LogP contribution in [-0.2, 0) is 19.9 Å². The Morgan fingerprint density at radius 1 is 1.26 bits per heavy atom. The summed E-state index contributed by atoms with van der Waals surface area (Å²) in [4.78, 5) is 23.9. The molecule has 1 unspecified atom stereocenters. The molecule has 1 aromatic carbocycles. The first-order valence-electron chi connectivity index (χ1n) is 7.95. The number of carbonyl (C=O) groups excluding carboxylic acids is 1. The fourth-order valence-corrected chi connectivity index (χ4v) is 3.33. The Labute approximate surface area is 154 Å². The molecule has 0 radical (unpaired) electrons. The standard InChI is InChI=1S/C17H18F2N2O5S/c1-3-4-15(22)20-27(25,26)17(2,24)21-10-14(19)13(9-16(21)23)11-5-7-12(18)8-6-11/h5-10,24H,3-4H2,1-2H3,(H,20,22). The van der Waals surface area contributed by atoms with Gasteiger partial charge in [0.1, 0.15) is 11.6 Å². The molecule has 146 valence electrons. The summed E-state index contributed by atoms with van der Waals surface area (Å²) in [5.41, 5.74) is -1.04. The topological polar surface area (TPSA) is 105 Å². The molecule has 2 aromatic rings. The van der Waals surface area contributed by atoms with E-state index in [1.807, 2.05) is 0 Å². The van der Waals surface area contributed by atoms with Crippen LogP contribution >= 0.6 is 0 Å². The number of aromatic nitrogens is 1. The molecule has 1 heterocycles. The fraction of sp³-hybridized carbons (Fsp3) is 0.294. The Morgan fingerprint density at radius 2 is 1.85 bits per heavy atom. The lowest BCUT2D eigenvalue weighted by atomic mass is 10.1.